The highest BCUT2D eigenvalue weighted by Crippen LogP contribution is 2.37. The van der Waals surface area contributed by atoms with Crippen molar-refractivity contribution in [2.24, 2.45) is 5.73 Å². The molecule has 1 aliphatic heterocycles. The second-order valence-corrected chi connectivity index (χ2v) is 8.69. The van der Waals surface area contributed by atoms with Crippen LogP contribution in [0.2, 0.25) is 0 Å². The number of amides is 3. The Bertz CT molecular complexity index is 1010. The second kappa shape index (κ2) is 8.47. The number of rotatable bonds is 4. The minimum atomic E-state index is -0.571. The number of carbonyl (C=O) groups is 3. The maximum absolute atomic E-state index is 12.9. The standard InChI is InChI=1S/C22H25N3O4S/c1-2-29-22(28)25-10-9-16-17(12-25)30-21(18(16)19(23)26)24-20(27)15-8-7-13-5-3-4-6-14(13)11-15/h7-8,11H,2-6,9-10,12H2,1H3,(H2,23,26)(H,24,27). The van der Waals surface area contributed by atoms with Crippen molar-refractivity contribution in [3.05, 3.63) is 50.9 Å². The van der Waals surface area contributed by atoms with Gasteiger partial charge in [-0.2, -0.15) is 0 Å². The Labute approximate surface area is 179 Å². The zero-order valence-electron chi connectivity index (χ0n) is 17.0. The zero-order chi connectivity index (χ0) is 21.3. The van der Waals surface area contributed by atoms with Crippen LogP contribution in [0.5, 0.6) is 0 Å². The number of primary amides is 1. The lowest BCUT2D eigenvalue weighted by molar-refractivity contribution is 0.0997. The third-order valence-corrected chi connectivity index (χ3v) is 6.80. The Hall–Kier alpha value is -2.87. The van der Waals surface area contributed by atoms with Crippen molar-refractivity contribution in [3.8, 4) is 0 Å². The van der Waals surface area contributed by atoms with Crippen molar-refractivity contribution in [1.29, 1.82) is 0 Å². The highest BCUT2D eigenvalue weighted by atomic mass is 32.1. The molecule has 0 fully saturated rings. The minimum absolute atomic E-state index is 0.258. The van der Waals surface area contributed by atoms with Crippen LogP contribution in [0.25, 0.3) is 0 Å². The number of nitrogens with zero attached hydrogens (tertiary/aromatic N) is 1. The van der Waals surface area contributed by atoms with Crippen LogP contribution < -0.4 is 11.1 Å². The number of hydrogen-bond acceptors (Lipinski definition) is 5. The summed E-state index contributed by atoms with van der Waals surface area (Å²) in [5.74, 6) is -0.829. The molecule has 0 radical (unpaired) electrons. The quantitative estimate of drug-likeness (QED) is 0.780. The molecule has 0 saturated heterocycles. The predicted molar refractivity (Wildman–Crippen MR) is 115 cm³/mol. The summed E-state index contributed by atoms with van der Waals surface area (Å²) in [6, 6.07) is 5.80. The highest BCUT2D eigenvalue weighted by Gasteiger charge is 2.30. The molecule has 0 atom stereocenters. The molecular weight excluding hydrogens is 402 g/mol. The molecule has 2 aliphatic rings. The Kier molecular flexibility index (Phi) is 5.76. The third kappa shape index (κ3) is 3.92. The van der Waals surface area contributed by atoms with Gasteiger partial charge in [-0.05, 0) is 67.9 Å². The van der Waals surface area contributed by atoms with Gasteiger partial charge >= 0.3 is 6.09 Å². The first-order valence-electron chi connectivity index (χ1n) is 10.3. The summed E-state index contributed by atoms with van der Waals surface area (Å²) in [4.78, 5) is 39.6. The molecule has 7 nitrogen and oxygen atoms in total. The lowest BCUT2D eigenvalue weighted by Gasteiger charge is -2.26. The van der Waals surface area contributed by atoms with E-state index in [0.29, 0.717) is 42.2 Å². The van der Waals surface area contributed by atoms with Crippen LogP contribution in [-0.4, -0.2) is 36.0 Å². The monoisotopic (exact) mass is 427 g/mol. The van der Waals surface area contributed by atoms with Crippen LogP contribution in [0, 0.1) is 0 Å². The molecule has 0 unspecified atom stereocenters. The van der Waals surface area contributed by atoms with Crippen molar-refractivity contribution in [1.82, 2.24) is 4.90 Å². The summed E-state index contributed by atoms with van der Waals surface area (Å²) in [6.45, 7) is 2.86. The molecule has 2 aromatic rings. The molecule has 3 amide bonds. The van der Waals surface area contributed by atoms with Gasteiger partial charge in [-0.25, -0.2) is 4.79 Å². The van der Waals surface area contributed by atoms with Gasteiger partial charge in [-0.3, -0.25) is 9.59 Å². The summed E-state index contributed by atoms with van der Waals surface area (Å²) in [7, 11) is 0. The van der Waals surface area contributed by atoms with Gasteiger partial charge in [0.15, 0.2) is 0 Å². The molecule has 1 aliphatic carbocycles. The molecule has 158 valence electrons. The largest absolute Gasteiger partial charge is 0.450 e. The van der Waals surface area contributed by atoms with Gasteiger partial charge in [0.2, 0.25) is 0 Å². The van der Waals surface area contributed by atoms with E-state index in [2.05, 4.69) is 5.32 Å². The summed E-state index contributed by atoms with van der Waals surface area (Å²) in [5.41, 5.74) is 9.91. The summed E-state index contributed by atoms with van der Waals surface area (Å²) >= 11 is 1.30. The number of carbonyl (C=O) groups excluding carboxylic acids is 3. The number of fused-ring (bicyclic) bond motifs is 2. The normalized spacial score (nSPS) is 15.2. The first kappa shape index (κ1) is 20.4. The SMILES string of the molecule is CCOC(=O)N1CCc2c(sc(NC(=O)c3ccc4c(c3)CCCC4)c2C(N)=O)C1. The van der Waals surface area contributed by atoms with Crippen LogP contribution in [-0.2, 0) is 30.5 Å². The fourth-order valence-corrected chi connectivity index (χ4v) is 5.44. The van der Waals surface area contributed by atoms with Crippen molar-refractivity contribution in [2.75, 3.05) is 18.5 Å². The molecule has 2 heterocycles. The molecule has 4 rings (SSSR count). The van der Waals surface area contributed by atoms with Gasteiger partial charge in [-0.15, -0.1) is 11.3 Å². The fourth-order valence-electron chi connectivity index (χ4n) is 4.17. The maximum Gasteiger partial charge on any atom is 0.410 e. The number of nitrogens with two attached hydrogens (primary N) is 1. The number of aryl methyl sites for hydroxylation is 2. The lowest BCUT2D eigenvalue weighted by Crippen LogP contribution is -2.36. The summed E-state index contributed by atoms with van der Waals surface area (Å²) in [6.07, 6.45) is 4.48. The molecule has 0 spiro atoms. The second-order valence-electron chi connectivity index (χ2n) is 7.59. The van der Waals surface area contributed by atoms with Crippen LogP contribution in [0.15, 0.2) is 18.2 Å². The summed E-state index contributed by atoms with van der Waals surface area (Å²) < 4.78 is 5.08. The molecular formula is C22H25N3O4S. The third-order valence-electron chi connectivity index (χ3n) is 5.67. The Morgan fingerprint density at radius 3 is 2.67 bits per heavy atom. The highest BCUT2D eigenvalue weighted by molar-refractivity contribution is 7.17. The Morgan fingerprint density at radius 1 is 1.17 bits per heavy atom. The predicted octanol–water partition coefficient (Wildman–Crippen LogP) is 3.49. The van der Waals surface area contributed by atoms with E-state index in [1.165, 1.54) is 28.9 Å². The number of benzene rings is 1. The van der Waals surface area contributed by atoms with Gasteiger partial charge in [-0.1, -0.05) is 6.07 Å². The number of thiophene rings is 1. The van der Waals surface area contributed by atoms with E-state index in [9.17, 15) is 14.4 Å². The van der Waals surface area contributed by atoms with Crippen molar-refractivity contribution >= 4 is 34.2 Å². The molecule has 1 aromatic carbocycles. The first-order valence-corrected chi connectivity index (χ1v) is 11.1. The van der Waals surface area contributed by atoms with Crippen LogP contribution >= 0.6 is 11.3 Å². The van der Waals surface area contributed by atoms with Gasteiger partial charge in [0.1, 0.15) is 5.00 Å². The van der Waals surface area contributed by atoms with E-state index in [1.807, 2.05) is 18.2 Å². The number of anilines is 1. The average molecular weight is 428 g/mol. The van der Waals surface area contributed by atoms with E-state index in [-0.39, 0.29) is 12.0 Å². The van der Waals surface area contributed by atoms with Gasteiger partial charge in [0.05, 0.1) is 18.7 Å². The first-order chi connectivity index (χ1) is 14.5. The van der Waals surface area contributed by atoms with E-state index in [1.54, 1.807) is 11.8 Å². The number of hydrogen-bond donors (Lipinski definition) is 2. The Balaban J connectivity index is 1.58. The van der Waals surface area contributed by atoms with Crippen LogP contribution in [0.4, 0.5) is 9.80 Å². The van der Waals surface area contributed by atoms with Crippen LogP contribution in [0.1, 0.15) is 62.0 Å². The van der Waals surface area contributed by atoms with Crippen molar-refractivity contribution in [2.45, 2.75) is 45.6 Å². The lowest BCUT2D eigenvalue weighted by atomic mass is 9.90. The summed E-state index contributed by atoms with van der Waals surface area (Å²) in [5, 5.41) is 3.33. The van der Waals surface area contributed by atoms with E-state index >= 15 is 0 Å². The fraction of sp³-hybridized carbons (Fsp3) is 0.409. The molecule has 8 heteroatoms. The van der Waals surface area contributed by atoms with E-state index in [4.69, 9.17) is 10.5 Å². The van der Waals surface area contributed by atoms with Gasteiger partial charge in [0.25, 0.3) is 11.8 Å². The minimum Gasteiger partial charge on any atom is -0.450 e. The average Bonchev–Trinajstić information content (AvgIpc) is 3.10. The smallest absolute Gasteiger partial charge is 0.410 e. The molecule has 30 heavy (non-hydrogen) atoms. The van der Waals surface area contributed by atoms with Gasteiger partial charge in [0, 0.05) is 17.0 Å². The van der Waals surface area contributed by atoms with E-state index in [0.717, 1.165) is 29.7 Å². The van der Waals surface area contributed by atoms with Crippen molar-refractivity contribution in [3.63, 3.8) is 0 Å². The topological polar surface area (TPSA) is 102 Å². The number of nitrogens with one attached hydrogen (secondary N) is 1. The maximum atomic E-state index is 12.9. The molecule has 3 N–H and O–H groups in total. The van der Waals surface area contributed by atoms with Gasteiger partial charge < -0.3 is 20.7 Å². The Morgan fingerprint density at radius 2 is 1.93 bits per heavy atom. The molecule has 0 bridgehead atoms. The zero-order valence-corrected chi connectivity index (χ0v) is 17.8. The van der Waals surface area contributed by atoms with Crippen LogP contribution in [0.3, 0.4) is 0 Å². The molecule has 0 saturated carbocycles. The molecule has 1 aromatic heterocycles. The van der Waals surface area contributed by atoms with E-state index < -0.39 is 5.91 Å². The number of ether oxygens (including phenoxy) is 1. The van der Waals surface area contributed by atoms with Crippen molar-refractivity contribution < 1.29 is 19.1 Å².